The van der Waals surface area contributed by atoms with Crippen LogP contribution in [0.4, 0.5) is 0 Å². The van der Waals surface area contributed by atoms with Gasteiger partial charge in [0.25, 0.3) is 0 Å². The van der Waals surface area contributed by atoms with E-state index in [-0.39, 0.29) is 37.4 Å². The number of benzene rings is 2. The topological polar surface area (TPSA) is 51.8 Å². The first kappa shape index (κ1) is 29.6. The van der Waals surface area contributed by atoms with Crippen molar-refractivity contribution in [1.29, 1.82) is 0 Å². The third-order valence-corrected chi connectivity index (χ3v) is 13.4. The van der Waals surface area contributed by atoms with Gasteiger partial charge in [0.05, 0.1) is 5.58 Å². The summed E-state index contributed by atoms with van der Waals surface area (Å²) in [5.74, 6) is 6.42. The zero-order chi connectivity index (χ0) is 39.1. The molecule has 49 heavy (non-hydrogen) atoms. The van der Waals surface area contributed by atoms with Gasteiger partial charge in [0.1, 0.15) is 0 Å². The number of hydrogen-bond acceptors (Lipinski definition) is 4. The van der Waals surface area contributed by atoms with Gasteiger partial charge in [-0.25, -0.2) is 4.98 Å². The van der Waals surface area contributed by atoms with Gasteiger partial charge in [0.15, 0.2) is 0 Å². The van der Waals surface area contributed by atoms with Crippen LogP contribution in [0.25, 0.3) is 44.6 Å². The van der Waals surface area contributed by atoms with E-state index in [1.165, 1.54) is 25.3 Å². The summed E-state index contributed by atoms with van der Waals surface area (Å²) in [6.07, 6.45) is 8.12. The van der Waals surface area contributed by atoms with Gasteiger partial charge >= 0.3 is 128 Å². The number of aromatic nitrogens is 3. The fourth-order valence-corrected chi connectivity index (χ4v) is 9.53. The Morgan fingerprint density at radius 1 is 0.939 bits per heavy atom. The van der Waals surface area contributed by atoms with E-state index in [9.17, 15) is 0 Å². The maximum absolute atomic E-state index is 9.13. The van der Waals surface area contributed by atoms with Gasteiger partial charge in [0.2, 0.25) is 5.71 Å². The zero-order valence-corrected chi connectivity index (χ0v) is 33.8. The van der Waals surface area contributed by atoms with Gasteiger partial charge in [-0.05, 0) is 55.4 Å². The summed E-state index contributed by atoms with van der Waals surface area (Å²) >= 11 is -2.20. The smallest absolute Gasteiger partial charge is 0 e. The first-order chi connectivity index (χ1) is 25.4. The van der Waals surface area contributed by atoms with E-state index < -0.39 is 32.4 Å². The molecule has 2 aromatic carbocycles. The second-order valence-electron chi connectivity index (χ2n) is 14.1. The number of rotatable bonds is 7. The first-order valence-electron chi connectivity index (χ1n) is 20.1. The molecule has 1 unspecified atom stereocenters. The Hall–Kier alpha value is -3.12. The average Bonchev–Trinajstić information content (AvgIpc) is 3.53. The monoisotopic (exact) mass is 896 g/mol. The van der Waals surface area contributed by atoms with Gasteiger partial charge in [0, 0.05) is 42.9 Å². The van der Waals surface area contributed by atoms with E-state index in [4.69, 9.17) is 12.6 Å². The Kier molecular flexibility index (Phi) is 9.83. The summed E-state index contributed by atoms with van der Waals surface area (Å²) in [7, 11) is 0. The van der Waals surface area contributed by atoms with Crippen molar-refractivity contribution < 1.29 is 32.7 Å². The molecule has 1 atom stereocenters. The minimum Gasteiger partial charge on any atom is 0 e. The summed E-state index contributed by atoms with van der Waals surface area (Å²) < 4.78 is 56.3. The van der Waals surface area contributed by atoms with Crippen LogP contribution in [-0.2, 0) is 26.5 Å². The van der Waals surface area contributed by atoms with Crippen LogP contribution in [0.15, 0.2) is 83.5 Å². The summed E-state index contributed by atoms with van der Waals surface area (Å²) in [6, 6.07) is 27.0. The van der Waals surface area contributed by atoms with Crippen LogP contribution in [0.3, 0.4) is 0 Å². The van der Waals surface area contributed by atoms with Crippen molar-refractivity contribution in [3.63, 3.8) is 0 Å². The van der Waals surface area contributed by atoms with E-state index in [1.54, 1.807) is 12.3 Å². The molecule has 1 aliphatic rings. The molecule has 1 aliphatic carbocycles. The Labute approximate surface area is 317 Å². The van der Waals surface area contributed by atoms with E-state index in [1.807, 2.05) is 81.6 Å². The molecule has 4 nitrogen and oxygen atoms in total. The molecule has 1 saturated carbocycles. The number of pyridine rings is 3. The maximum atomic E-state index is 9.13. The second-order valence-corrected chi connectivity index (χ2v) is 24.7. The van der Waals surface area contributed by atoms with Crippen LogP contribution in [0, 0.1) is 30.8 Å². The molecule has 1 fully saturated rings. The predicted octanol–water partition coefficient (Wildman–Crippen LogP) is 11.1. The minimum absolute atomic E-state index is 0. The molecule has 257 valence electrons. The molecule has 4 heterocycles. The molecule has 0 N–H and O–H groups in total. The Bertz CT molecular complexity index is 2240. The summed E-state index contributed by atoms with van der Waals surface area (Å²) in [6.45, 7) is 3.59. The zero-order valence-electron chi connectivity index (χ0n) is 35.3. The molecule has 0 aliphatic heterocycles. The molecule has 6 aromatic rings. The molecule has 1 radical (unpaired) electrons. The molecule has 7 rings (SSSR count). The first-order valence-corrected chi connectivity index (χ1v) is 24.4. The molecule has 4 aromatic heterocycles. The minimum atomic E-state index is -2.30. The number of nitrogens with zero attached hydrogens (tertiary/aromatic N) is 3. The number of furan rings is 1. The largest absolute Gasteiger partial charge is 0 e. The maximum Gasteiger partial charge on any atom is 0 e. The molecule has 0 spiro atoms. The number of fused-ring (bicyclic) bond motifs is 3. The fraction of sp³-hybridized carbons (Fsp3) is 0.372. The Morgan fingerprint density at radius 2 is 1.76 bits per heavy atom. The third-order valence-electron chi connectivity index (χ3n) is 9.13. The second kappa shape index (κ2) is 16.3. The molecular formula is C43H49GeIrN3O-2. The SMILES string of the molecule is [2H]C([2H])([2H])c1ccc2c(n1)oc1c(-c3cc(C([2H])(C)C4CCCCC4)ccn3)[c-]ccc12.[2H]C([2H])(c1cc(-c2[c-]cccc2)nc[c]1[Ge]([CH3])([CH3])[CH3])C(C)C.[Ir]. The van der Waals surface area contributed by atoms with Crippen LogP contribution in [0.1, 0.15) is 83.8 Å². The van der Waals surface area contributed by atoms with Gasteiger partial charge < -0.3 is 9.40 Å². The van der Waals surface area contributed by atoms with E-state index in [0.29, 0.717) is 22.8 Å². The van der Waals surface area contributed by atoms with Crippen molar-refractivity contribution in [3.05, 3.63) is 108 Å². The quantitative estimate of drug-likeness (QED) is 0.118. The summed E-state index contributed by atoms with van der Waals surface area (Å²) in [5.41, 5.74) is 5.73. The van der Waals surface area contributed by atoms with Gasteiger partial charge in [-0.2, -0.15) is 0 Å². The van der Waals surface area contributed by atoms with Crippen LogP contribution in [-0.4, -0.2) is 28.2 Å². The molecule has 0 amide bonds. The van der Waals surface area contributed by atoms with Gasteiger partial charge in [-0.3, -0.25) is 0 Å². The van der Waals surface area contributed by atoms with Crippen LogP contribution >= 0.6 is 0 Å². The number of hydrogen-bond donors (Lipinski definition) is 0. The van der Waals surface area contributed by atoms with Crippen molar-refractivity contribution in [2.75, 3.05) is 0 Å². The van der Waals surface area contributed by atoms with E-state index in [2.05, 4.69) is 44.4 Å². The normalized spacial score (nSPS) is 17.4. The number of aryl methyl sites for hydroxylation is 1. The molecule has 0 saturated heterocycles. The predicted molar refractivity (Wildman–Crippen MR) is 203 cm³/mol. The molecule has 6 heteroatoms. The van der Waals surface area contributed by atoms with Gasteiger partial charge in [-0.1, -0.05) is 48.8 Å². The van der Waals surface area contributed by atoms with Gasteiger partial charge in [-0.15, -0.1) is 18.2 Å². The summed E-state index contributed by atoms with van der Waals surface area (Å²) in [4.78, 5) is 13.4. The van der Waals surface area contributed by atoms with Crippen LogP contribution in [0.5, 0.6) is 0 Å². The Balaban J connectivity index is 0.000000222. The molecule has 0 bridgehead atoms. The average molecular weight is 895 g/mol. The van der Waals surface area contributed by atoms with Crippen LogP contribution < -0.4 is 4.40 Å². The molecular weight excluding hydrogens is 839 g/mol. The van der Waals surface area contributed by atoms with E-state index in [0.717, 1.165) is 50.4 Å². The van der Waals surface area contributed by atoms with Crippen molar-refractivity contribution in [2.24, 2.45) is 11.8 Å². The fourth-order valence-electron chi connectivity index (χ4n) is 6.58. The van der Waals surface area contributed by atoms with E-state index >= 15 is 0 Å². The standard InChI is InChI=1S/C25H25N2O.C18H24GeN.Ir/c1-16-11-12-21-20-9-6-10-22(24(20)28-25(21)27-16)23-15-19(13-14-26-23)17(2)18-7-4-3-5-8-18;1-14(2)11-16-12-18(15-9-7-6-8-10-15)20-13-17(16)19(3,4)5;/h6,9,11-15,17-18H,3-5,7-8H2,1-2H3;6-9,12-14H,11H2,1-5H3;/q2*-1;/i1D3,17D;11D2;. The third kappa shape index (κ3) is 8.79. The summed E-state index contributed by atoms with van der Waals surface area (Å²) in [5, 5.41) is 1.60. The van der Waals surface area contributed by atoms with Crippen molar-refractivity contribution in [2.45, 2.75) is 89.3 Å². The van der Waals surface area contributed by atoms with Crippen molar-refractivity contribution in [3.8, 4) is 22.5 Å². The Morgan fingerprint density at radius 3 is 2.47 bits per heavy atom. The van der Waals surface area contributed by atoms with Crippen LogP contribution in [0.2, 0.25) is 17.3 Å². The van der Waals surface area contributed by atoms with Crippen molar-refractivity contribution >= 4 is 39.7 Å². The van der Waals surface area contributed by atoms with Crippen molar-refractivity contribution in [1.82, 2.24) is 15.0 Å².